The number of nitrogen functional groups attached to an aromatic ring is 1. The SMILES string of the molecule is COc1cccc(Cc2nc(N)nc3c2C(c2ccc(-n4cnc(C)c4)c(OC)c2)OCC3)c1. The number of benzene rings is 2. The molecule has 2 aromatic carbocycles. The van der Waals surface area contributed by atoms with E-state index in [1.54, 1.807) is 20.5 Å². The average molecular weight is 458 g/mol. The molecular weight excluding hydrogens is 430 g/mol. The third-order valence-electron chi connectivity index (χ3n) is 6.01. The standard InChI is InChI=1S/C26H27N5O3/c1-16-14-31(15-28-16)22-8-7-18(13-23(22)33-3)25-24-20(9-10-34-25)29-26(27)30-21(24)12-17-5-4-6-19(11-17)32-2/h4-8,11,13-15,25H,9-10,12H2,1-3H3,(H2,27,29,30). The van der Waals surface area contributed by atoms with Crippen LogP contribution in [0.1, 0.15) is 39.9 Å². The first-order valence-electron chi connectivity index (χ1n) is 11.1. The lowest BCUT2D eigenvalue weighted by Crippen LogP contribution is -2.23. The summed E-state index contributed by atoms with van der Waals surface area (Å²) >= 11 is 0. The molecule has 0 fully saturated rings. The van der Waals surface area contributed by atoms with Gasteiger partial charge in [-0.2, -0.15) is 0 Å². The molecule has 0 saturated carbocycles. The summed E-state index contributed by atoms with van der Waals surface area (Å²) in [5.74, 6) is 1.81. The first-order chi connectivity index (χ1) is 16.6. The van der Waals surface area contributed by atoms with Gasteiger partial charge in [0.05, 0.1) is 49.9 Å². The van der Waals surface area contributed by atoms with Crippen LogP contribution < -0.4 is 15.2 Å². The number of imidazole rings is 1. The molecule has 1 unspecified atom stereocenters. The zero-order valence-electron chi connectivity index (χ0n) is 19.5. The highest BCUT2D eigenvalue weighted by atomic mass is 16.5. The first-order valence-corrected chi connectivity index (χ1v) is 11.1. The van der Waals surface area contributed by atoms with Crippen LogP contribution in [0.3, 0.4) is 0 Å². The molecule has 0 spiro atoms. The summed E-state index contributed by atoms with van der Waals surface area (Å²) in [4.78, 5) is 13.5. The number of methoxy groups -OCH3 is 2. The van der Waals surface area contributed by atoms with Crippen molar-refractivity contribution in [2.45, 2.75) is 25.9 Å². The Morgan fingerprint density at radius 3 is 2.76 bits per heavy atom. The van der Waals surface area contributed by atoms with Gasteiger partial charge in [-0.15, -0.1) is 0 Å². The number of nitrogens with two attached hydrogens (primary N) is 1. The fourth-order valence-corrected chi connectivity index (χ4v) is 4.44. The Balaban J connectivity index is 1.57. The largest absolute Gasteiger partial charge is 0.497 e. The van der Waals surface area contributed by atoms with Crippen LogP contribution in [-0.4, -0.2) is 40.3 Å². The molecule has 4 aromatic rings. The second-order valence-corrected chi connectivity index (χ2v) is 8.27. The Kier molecular flexibility index (Phi) is 5.90. The van der Waals surface area contributed by atoms with Gasteiger partial charge in [0.15, 0.2) is 0 Å². The van der Waals surface area contributed by atoms with Crippen LogP contribution in [-0.2, 0) is 17.6 Å². The van der Waals surface area contributed by atoms with Crippen LogP contribution in [0, 0.1) is 6.92 Å². The topological polar surface area (TPSA) is 97.3 Å². The fourth-order valence-electron chi connectivity index (χ4n) is 4.44. The van der Waals surface area contributed by atoms with Crippen LogP contribution in [0.15, 0.2) is 55.0 Å². The Labute approximate surface area is 198 Å². The summed E-state index contributed by atoms with van der Waals surface area (Å²) in [5, 5.41) is 0. The van der Waals surface area contributed by atoms with Crippen LogP contribution in [0.2, 0.25) is 0 Å². The van der Waals surface area contributed by atoms with Crippen molar-refractivity contribution in [2.24, 2.45) is 0 Å². The fraction of sp³-hybridized carbons (Fsp3) is 0.269. The smallest absolute Gasteiger partial charge is 0.220 e. The summed E-state index contributed by atoms with van der Waals surface area (Å²) in [6.07, 6.45) is 4.70. The molecule has 0 amide bonds. The monoisotopic (exact) mass is 457 g/mol. The van der Waals surface area contributed by atoms with E-state index in [0.29, 0.717) is 19.4 Å². The Hall–Kier alpha value is -3.91. The second-order valence-electron chi connectivity index (χ2n) is 8.27. The highest BCUT2D eigenvalue weighted by molar-refractivity contribution is 5.52. The van der Waals surface area contributed by atoms with E-state index in [1.165, 1.54) is 0 Å². The van der Waals surface area contributed by atoms with E-state index in [2.05, 4.69) is 27.1 Å². The molecule has 0 bridgehead atoms. The lowest BCUT2D eigenvalue weighted by Gasteiger charge is -2.28. The third kappa shape index (κ3) is 4.20. The predicted octanol–water partition coefficient (Wildman–Crippen LogP) is 3.82. The summed E-state index contributed by atoms with van der Waals surface area (Å²) in [6.45, 7) is 2.51. The first kappa shape index (κ1) is 21.9. The van der Waals surface area contributed by atoms with Gasteiger partial charge in [-0.1, -0.05) is 18.2 Å². The number of ether oxygens (including phenoxy) is 3. The van der Waals surface area contributed by atoms with Gasteiger partial charge in [-0.25, -0.2) is 15.0 Å². The lowest BCUT2D eigenvalue weighted by molar-refractivity contribution is 0.0673. The molecule has 2 N–H and O–H groups in total. The molecule has 8 heteroatoms. The molecule has 0 aliphatic carbocycles. The van der Waals surface area contributed by atoms with Gasteiger partial charge < -0.3 is 24.5 Å². The van der Waals surface area contributed by atoms with Gasteiger partial charge in [-0.3, -0.25) is 0 Å². The van der Waals surface area contributed by atoms with Crippen LogP contribution in [0.25, 0.3) is 5.69 Å². The molecule has 0 saturated heterocycles. The minimum absolute atomic E-state index is 0.278. The molecular formula is C26H27N5O3. The normalized spacial score (nSPS) is 15.1. The Bertz CT molecular complexity index is 1330. The van der Waals surface area contributed by atoms with E-state index >= 15 is 0 Å². The predicted molar refractivity (Wildman–Crippen MR) is 129 cm³/mol. The number of aromatic nitrogens is 4. The van der Waals surface area contributed by atoms with Gasteiger partial charge in [0.2, 0.25) is 5.95 Å². The number of hydrogen-bond donors (Lipinski definition) is 1. The molecule has 1 aliphatic heterocycles. The summed E-state index contributed by atoms with van der Waals surface area (Å²) < 4.78 is 19.4. The maximum absolute atomic E-state index is 6.28. The average Bonchev–Trinajstić information content (AvgIpc) is 3.29. The Morgan fingerprint density at radius 2 is 2.00 bits per heavy atom. The minimum atomic E-state index is -0.322. The molecule has 3 heterocycles. The molecule has 1 atom stereocenters. The van der Waals surface area contributed by atoms with Gasteiger partial charge in [0, 0.05) is 24.6 Å². The van der Waals surface area contributed by atoms with Crippen LogP contribution in [0.4, 0.5) is 5.95 Å². The number of nitrogens with zero attached hydrogens (tertiary/aromatic N) is 4. The zero-order valence-corrected chi connectivity index (χ0v) is 19.5. The minimum Gasteiger partial charge on any atom is -0.497 e. The van der Waals surface area contributed by atoms with Crippen molar-refractivity contribution in [1.29, 1.82) is 0 Å². The number of aryl methyl sites for hydroxylation is 1. The maximum atomic E-state index is 6.28. The lowest BCUT2D eigenvalue weighted by atomic mass is 9.92. The van der Waals surface area contributed by atoms with Crippen molar-refractivity contribution in [1.82, 2.24) is 19.5 Å². The molecule has 8 nitrogen and oxygen atoms in total. The van der Waals surface area contributed by atoms with Gasteiger partial charge in [-0.05, 0) is 42.3 Å². The van der Waals surface area contributed by atoms with E-state index in [9.17, 15) is 0 Å². The van der Waals surface area contributed by atoms with Crippen molar-refractivity contribution >= 4 is 5.95 Å². The van der Waals surface area contributed by atoms with Gasteiger partial charge in [0.25, 0.3) is 0 Å². The second kappa shape index (κ2) is 9.15. The van der Waals surface area contributed by atoms with Crippen molar-refractivity contribution < 1.29 is 14.2 Å². The number of rotatable bonds is 6. The molecule has 5 rings (SSSR count). The highest BCUT2D eigenvalue weighted by Crippen LogP contribution is 2.38. The molecule has 34 heavy (non-hydrogen) atoms. The van der Waals surface area contributed by atoms with E-state index in [-0.39, 0.29) is 12.1 Å². The highest BCUT2D eigenvalue weighted by Gasteiger charge is 2.29. The summed E-state index contributed by atoms with van der Waals surface area (Å²) in [6, 6.07) is 14.0. The van der Waals surface area contributed by atoms with Crippen molar-refractivity contribution in [3.05, 3.63) is 88.8 Å². The maximum Gasteiger partial charge on any atom is 0.220 e. The van der Waals surface area contributed by atoms with E-state index in [4.69, 9.17) is 19.9 Å². The van der Waals surface area contributed by atoms with E-state index in [1.807, 2.05) is 48.0 Å². The third-order valence-corrected chi connectivity index (χ3v) is 6.01. The summed E-state index contributed by atoms with van der Waals surface area (Å²) in [5.41, 5.74) is 12.7. The molecule has 2 aromatic heterocycles. The van der Waals surface area contributed by atoms with Crippen molar-refractivity contribution in [2.75, 3.05) is 26.6 Å². The van der Waals surface area contributed by atoms with Crippen molar-refractivity contribution in [3.8, 4) is 17.2 Å². The van der Waals surface area contributed by atoms with Gasteiger partial charge >= 0.3 is 0 Å². The number of fused-ring (bicyclic) bond motifs is 1. The number of hydrogen-bond acceptors (Lipinski definition) is 7. The van der Waals surface area contributed by atoms with Gasteiger partial charge in [0.1, 0.15) is 17.6 Å². The zero-order chi connectivity index (χ0) is 23.7. The molecule has 174 valence electrons. The van der Waals surface area contributed by atoms with Crippen LogP contribution >= 0.6 is 0 Å². The van der Waals surface area contributed by atoms with E-state index in [0.717, 1.165) is 51.0 Å². The molecule has 1 aliphatic rings. The Morgan fingerprint density at radius 1 is 1.12 bits per heavy atom. The number of anilines is 1. The van der Waals surface area contributed by atoms with Crippen molar-refractivity contribution in [3.63, 3.8) is 0 Å². The van der Waals surface area contributed by atoms with E-state index < -0.39 is 0 Å². The summed E-state index contributed by atoms with van der Waals surface area (Å²) in [7, 11) is 3.33. The molecule has 0 radical (unpaired) electrons. The van der Waals surface area contributed by atoms with Crippen LogP contribution in [0.5, 0.6) is 11.5 Å². The quantitative estimate of drug-likeness (QED) is 0.470.